The Morgan fingerprint density at radius 1 is 0.873 bits per heavy atom. The number of hydrogen-bond donors (Lipinski definition) is 6. The SMILES string of the molecule is CC[C@@]1(O)C(=O)OCc2c1cc1n(c2=O)Cc2c-1nc1cc(F)c(C)c3c1c2[C@@H](NC(=O)CCCN(CC(N)=O)C(=O)[C@H](Cc1ccccc1)NC(=O)CNC(=O)CNC(=O)CCCCCCC(=O)ON1C(=O)CCC1=O)CC3. The van der Waals surface area contributed by atoms with Crippen molar-refractivity contribution in [2.75, 3.05) is 26.2 Å². The van der Waals surface area contributed by atoms with E-state index in [1.807, 2.05) is 0 Å². The van der Waals surface area contributed by atoms with Crippen LogP contribution >= 0.6 is 0 Å². The number of benzene rings is 2. The van der Waals surface area contributed by atoms with Gasteiger partial charge in [-0.25, -0.2) is 19.0 Å². The number of aryl methyl sites for hydroxylation is 1. The first-order chi connectivity index (χ1) is 37.8. The lowest BCUT2D eigenvalue weighted by Crippen LogP contribution is -2.53. The van der Waals surface area contributed by atoms with Gasteiger partial charge >= 0.3 is 11.9 Å². The molecule has 0 spiro atoms. The van der Waals surface area contributed by atoms with Crippen molar-refractivity contribution in [3.05, 3.63) is 97.6 Å². The van der Waals surface area contributed by atoms with Crippen LogP contribution in [0.25, 0.3) is 22.3 Å². The molecule has 2 aromatic heterocycles. The number of nitrogens with two attached hydrogens (primary N) is 1. The molecule has 0 radical (unpaired) electrons. The first-order valence-corrected chi connectivity index (χ1v) is 26.4. The van der Waals surface area contributed by atoms with Crippen molar-refractivity contribution in [3.63, 3.8) is 0 Å². The monoisotopic (exact) mass is 1090 g/mol. The zero-order valence-corrected chi connectivity index (χ0v) is 43.8. The molecule has 8 amide bonds. The van der Waals surface area contributed by atoms with Gasteiger partial charge < -0.3 is 51.1 Å². The van der Waals surface area contributed by atoms with E-state index in [-0.39, 0.29) is 82.2 Å². The highest BCUT2D eigenvalue weighted by Crippen LogP contribution is 2.46. The van der Waals surface area contributed by atoms with Crippen molar-refractivity contribution in [2.45, 2.75) is 135 Å². The Morgan fingerprint density at radius 3 is 2.27 bits per heavy atom. The van der Waals surface area contributed by atoms with E-state index in [1.54, 1.807) is 50.2 Å². The Bertz CT molecular complexity index is 3200. The summed E-state index contributed by atoms with van der Waals surface area (Å²) in [4.78, 5) is 152. The number of cyclic esters (lactones) is 1. The molecule has 3 atom stereocenters. The quantitative estimate of drug-likeness (QED) is 0.0291. The molecule has 2 aromatic carbocycles. The number of fused-ring (bicyclic) bond motifs is 5. The van der Waals surface area contributed by atoms with E-state index in [0.29, 0.717) is 93.7 Å². The number of primary amides is 1. The molecule has 0 saturated carbocycles. The summed E-state index contributed by atoms with van der Waals surface area (Å²) in [5, 5.41) is 23.2. The van der Waals surface area contributed by atoms with Crippen LogP contribution < -0.4 is 32.6 Å². The number of hydrogen-bond acceptors (Lipinski definition) is 15. The summed E-state index contributed by atoms with van der Waals surface area (Å²) in [6.07, 6.45) is 2.64. The Labute approximate surface area is 452 Å². The van der Waals surface area contributed by atoms with Crippen LogP contribution in [0.3, 0.4) is 0 Å². The predicted molar refractivity (Wildman–Crippen MR) is 276 cm³/mol. The lowest BCUT2D eigenvalue weighted by atomic mass is 9.81. The van der Waals surface area contributed by atoms with E-state index in [2.05, 4.69) is 21.3 Å². The minimum atomic E-state index is -2.07. The average molecular weight is 1090 g/mol. The van der Waals surface area contributed by atoms with E-state index in [0.717, 1.165) is 4.90 Å². The van der Waals surface area contributed by atoms with Crippen LogP contribution in [0.5, 0.6) is 0 Å². The van der Waals surface area contributed by atoms with Gasteiger partial charge in [-0.3, -0.25) is 43.2 Å². The molecule has 1 saturated heterocycles. The van der Waals surface area contributed by atoms with Gasteiger partial charge in [0.25, 0.3) is 17.4 Å². The van der Waals surface area contributed by atoms with Crippen molar-refractivity contribution in [1.29, 1.82) is 0 Å². The van der Waals surface area contributed by atoms with Crippen LogP contribution in [-0.4, -0.2) is 116 Å². The lowest BCUT2D eigenvalue weighted by Gasteiger charge is -2.31. The fourth-order valence-electron chi connectivity index (χ4n) is 10.6. The van der Waals surface area contributed by atoms with Crippen LogP contribution in [0.4, 0.5) is 4.39 Å². The normalized spacial score (nSPS) is 17.2. The molecule has 5 heterocycles. The molecule has 24 heteroatoms. The minimum Gasteiger partial charge on any atom is -0.458 e. The number of nitrogens with one attached hydrogen (secondary N) is 4. The zero-order valence-electron chi connectivity index (χ0n) is 43.8. The fraction of sp³-hybridized carbons (Fsp3) is 0.455. The smallest absolute Gasteiger partial charge is 0.343 e. The van der Waals surface area contributed by atoms with E-state index in [1.165, 1.54) is 10.6 Å². The number of halogens is 1. The van der Waals surface area contributed by atoms with E-state index in [9.17, 15) is 57.8 Å². The predicted octanol–water partition coefficient (Wildman–Crippen LogP) is 1.63. The topological polar surface area (TPSA) is 325 Å². The lowest BCUT2D eigenvalue weighted by molar-refractivity contribution is -0.197. The summed E-state index contributed by atoms with van der Waals surface area (Å²) in [6.45, 7) is 1.29. The van der Waals surface area contributed by atoms with E-state index >= 15 is 4.39 Å². The largest absolute Gasteiger partial charge is 0.458 e. The number of carbonyl (C=O) groups is 10. The van der Waals surface area contributed by atoms with Crippen molar-refractivity contribution < 1.29 is 67.0 Å². The van der Waals surface area contributed by atoms with Gasteiger partial charge in [0, 0.05) is 67.6 Å². The number of esters is 1. The molecule has 0 unspecified atom stereocenters. The molecule has 4 aliphatic rings. The fourth-order valence-corrected chi connectivity index (χ4v) is 10.6. The van der Waals surface area contributed by atoms with Crippen LogP contribution in [0, 0.1) is 12.7 Å². The average Bonchev–Trinajstić information content (AvgIpc) is 4.21. The number of pyridine rings is 2. The van der Waals surface area contributed by atoms with Gasteiger partial charge in [-0.1, -0.05) is 50.1 Å². The summed E-state index contributed by atoms with van der Waals surface area (Å²) in [5.74, 6) is -7.01. The molecule has 8 rings (SSSR count). The highest BCUT2D eigenvalue weighted by molar-refractivity contribution is 6.01. The minimum absolute atomic E-state index is 0.00356. The molecule has 418 valence electrons. The maximum atomic E-state index is 15.5. The maximum Gasteiger partial charge on any atom is 0.343 e. The summed E-state index contributed by atoms with van der Waals surface area (Å²) in [6, 6.07) is 9.71. The van der Waals surface area contributed by atoms with Gasteiger partial charge in [0.15, 0.2) is 5.60 Å². The number of aliphatic hydroxyl groups is 1. The molecule has 1 aliphatic carbocycles. The number of aromatic nitrogens is 2. The number of nitrogens with zero attached hydrogens (tertiary/aromatic N) is 4. The standard InChI is InChI=1S/C55H62FN9O14/c1-3-55(77)35-23-40-51-33(27-64(40)52(74)34(35)29-78-54(55)76)50-37(18-17-32-30(2)36(56)24-38(62-51)49(32)50)60-43(68)15-11-21-63(28-41(57)66)53(75)39(22-31-12-7-6-8-13-31)61-45(70)26-59-44(69)25-58-42(67)14-9-4-5-10-16-48(73)79-65-46(71)19-20-47(65)72/h6-8,12-13,23-24,37,39,77H,3-5,9-11,14-22,25-29H2,1-2H3,(H2,57,66)(H,58,67)(H,59,69)(H,60,68)(H,61,70)/t37-,39-,55-/m0/s1. The first kappa shape index (κ1) is 56.8. The summed E-state index contributed by atoms with van der Waals surface area (Å²) >= 11 is 0. The molecule has 3 aliphatic heterocycles. The highest BCUT2D eigenvalue weighted by Gasteiger charge is 2.46. The third-order valence-electron chi connectivity index (χ3n) is 14.7. The second-order valence-corrected chi connectivity index (χ2v) is 20.1. The molecule has 0 bridgehead atoms. The molecule has 23 nitrogen and oxygen atoms in total. The van der Waals surface area contributed by atoms with Crippen molar-refractivity contribution >= 4 is 70.1 Å². The second kappa shape index (κ2) is 24.5. The summed E-state index contributed by atoms with van der Waals surface area (Å²) in [7, 11) is 0. The zero-order chi connectivity index (χ0) is 56.7. The molecular formula is C55H62FN9O14. The number of imide groups is 1. The molecule has 1 fully saturated rings. The highest BCUT2D eigenvalue weighted by atomic mass is 19.1. The number of ether oxygens (including phenoxy) is 1. The Morgan fingerprint density at radius 2 is 1.56 bits per heavy atom. The van der Waals surface area contributed by atoms with Crippen molar-refractivity contribution in [1.82, 2.24) is 40.8 Å². The molecule has 4 aromatic rings. The maximum absolute atomic E-state index is 15.5. The van der Waals surface area contributed by atoms with Gasteiger partial charge in [0.2, 0.25) is 35.4 Å². The number of hydroxylamine groups is 2. The third kappa shape index (κ3) is 12.6. The third-order valence-corrected chi connectivity index (χ3v) is 14.7. The van der Waals surface area contributed by atoms with Crippen molar-refractivity contribution in [2.24, 2.45) is 5.73 Å². The summed E-state index contributed by atoms with van der Waals surface area (Å²) in [5.41, 5.74) is 7.34. The van der Waals surface area contributed by atoms with Crippen molar-refractivity contribution in [3.8, 4) is 11.4 Å². The molecular weight excluding hydrogens is 1030 g/mol. The molecule has 7 N–H and O–H groups in total. The van der Waals surface area contributed by atoms with Crippen LogP contribution in [0.2, 0.25) is 0 Å². The number of amides is 8. The van der Waals surface area contributed by atoms with Gasteiger partial charge in [-0.15, -0.1) is 5.06 Å². The van der Waals surface area contributed by atoms with Gasteiger partial charge in [-0.05, 0) is 73.8 Å². The van der Waals surface area contributed by atoms with Gasteiger partial charge in [0.1, 0.15) is 18.5 Å². The summed E-state index contributed by atoms with van der Waals surface area (Å²) < 4.78 is 22.2. The van der Waals surface area contributed by atoms with E-state index < -0.39 is 108 Å². The van der Waals surface area contributed by atoms with E-state index in [4.69, 9.17) is 20.3 Å². The van der Waals surface area contributed by atoms with Crippen LogP contribution in [0.15, 0.2) is 47.3 Å². The van der Waals surface area contributed by atoms with Gasteiger partial charge in [-0.2, -0.15) is 0 Å². The number of rotatable bonds is 24. The first-order valence-electron chi connectivity index (χ1n) is 26.4. The number of unbranched alkanes of at least 4 members (excludes halogenated alkanes) is 3. The van der Waals surface area contributed by atoms with Crippen LogP contribution in [-0.2, 0) is 89.1 Å². The van der Waals surface area contributed by atoms with Gasteiger partial charge in [0.05, 0.1) is 54.7 Å². The second-order valence-electron chi connectivity index (χ2n) is 20.1. The Balaban J connectivity index is 0.862. The Kier molecular flexibility index (Phi) is 17.6. The molecule has 79 heavy (non-hydrogen) atoms. The van der Waals surface area contributed by atoms with Crippen LogP contribution in [0.1, 0.15) is 129 Å². The Hall–Kier alpha value is -8.41. The number of carbonyl (C=O) groups excluding carboxylic acids is 10.